The van der Waals surface area contributed by atoms with Crippen molar-refractivity contribution in [3.63, 3.8) is 0 Å². The molecule has 1 aromatic carbocycles. The lowest BCUT2D eigenvalue weighted by atomic mass is 10.2. The summed E-state index contributed by atoms with van der Waals surface area (Å²) in [4.78, 5) is 23.0. The van der Waals surface area contributed by atoms with Gasteiger partial charge in [-0.05, 0) is 50.6 Å². The fourth-order valence-electron chi connectivity index (χ4n) is 2.89. The number of carbonyl (C=O) groups is 1. The molecule has 1 aromatic heterocycles. The summed E-state index contributed by atoms with van der Waals surface area (Å²) in [5.74, 6) is 0.609. The van der Waals surface area contributed by atoms with Crippen LogP contribution in [0, 0.1) is 13.8 Å². The molecule has 1 atom stereocenters. The number of nitrogens with one attached hydrogen (secondary N) is 1. The van der Waals surface area contributed by atoms with Crippen molar-refractivity contribution in [3.05, 3.63) is 47.3 Å². The molecule has 1 N–H and O–H groups in total. The van der Waals surface area contributed by atoms with Crippen LogP contribution in [0.4, 0.5) is 11.6 Å². The van der Waals surface area contributed by atoms with E-state index in [0.29, 0.717) is 18.1 Å². The van der Waals surface area contributed by atoms with Gasteiger partial charge in [-0.3, -0.25) is 4.79 Å². The van der Waals surface area contributed by atoms with Crippen molar-refractivity contribution in [1.82, 2.24) is 14.9 Å². The summed E-state index contributed by atoms with van der Waals surface area (Å²) in [7, 11) is 1.69. The van der Waals surface area contributed by atoms with Gasteiger partial charge in [0.05, 0.1) is 6.10 Å². The number of amides is 1. The van der Waals surface area contributed by atoms with Crippen LogP contribution < -0.4 is 5.32 Å². The van der Waals surface area contributed by atoms with Crippen molar-refractivity contribution >= 4 is 17.5 Å². The maximum absolute atomic E-state index is 12.5. The monoisotopic (exact) mass is 326 g/mol. The zero-order chi connectivity index (χ0) is 17.1. The van der Waals surface area contributed by atoms with Gasteiger partial charge >= 0.3 is 0 Å². The van der Waals surface area contributed by atoms with Crippen LogP contribution >= 0.6 is 0 Å². The SMILES string of the molecule is COC1CCN(C(=O)c2ccc(Nc3nc(C)cc(C)n3)cc2)C1. The van der Waals surface area contributed by atoms with E-state index in [1.54, 1.807) is 7.11 Å². The van der Waals surface area contributed by atoms with Gasteiger partial charge in [0.1, 0.15) is 0 Å². The van der Waals surface area contributed by atoms with Crippen LogP contribution in [0.15, 0.2) is 30.3 Å². The molecule has 24 heavy (non-hydrogen) atoms. The Bertz CT molecular complexity index is 710. The molecule has 0 radical (unpaired) electrons. The third-order valence-electron chi connectivity index (χ3n) is 4.14. The first-order valence-corrected chi connectivity index (χ1v) is 8.06. The first-order chi connectivity index (χ1) is 11.5. The summed E-state index contributed by atoms with van der Waals surface area (Å²) in [5, 5.41) is 3.17. The average Bonchev–Trinajstić information content (AvgIpc) is 3.03. The Hall–Kier alpha value is -2.47. The number of aryl methyl sites for hydroxylation is 2. The summed E-state index contributed by atoms with van der Waals surface area (Å²) in [6.45, 7) is 5.27. The number of methoxy groups -OCH3 is 1. The third kappa shape index (κ3) is 3.71. The predicted molar refractivity (Wildman–Crippen MR) is 92.5 cm³/mol. The van der Waals surface area contributed by atoms with Gasteiger partial charge in [-0.2, -0.15) is 0 Å². The van der Waals surface area contributed by atoms with Crippen molar-refractivity contribution in [3.8, 4) is 0 Å². The number of benzene rings is 1. The molecule has 1 fully saturated rings. The van der Waals surface area contributed by atoms with E-state index in [4.69, 9.17) is 4.74 Å². The molecule has 1 aliphatic rings. The quantitative estimate of drug-likeness (QED) is 0.935. The lowest BCUT2D eigenvalue weighted by molar-refractivity contribution is 0.0724. The third-order valence-corrected chi connectivity index (χ3v) is 4.14. The standard InChI is InChI=1S/C18H22N4O2/c1-12-10-13(2)20-18(19-12)21-15-6-4-14(5-7-15)17(23)22-9-8-16(11-22)24-3/h4-7,10,16H,8-9,11H2,1-3H3,(H,19,20,21). The van der Waals surface area contributed by atoms with E-state index >= 15 is 0 Å². The minimum Gasteiger partial charge on any atom is -0.380 e. The molecule has 3 rings (SSSR count). The molecule has 126 valence electrons. The van der Waals surface area contributed by atoms with Crippen molar-refractivity contribution in [2.75, 3.05) is 25.5 Å². The van der Waals surface area contributed by atoms with Gasteiger partial charge in [0.2, 0.25) is 5.95 Å². The van der Waals surface area contributed by atoms with Crippen LogP contribution in [0.3, 0.4) is 0 Å². The molecule has 6 nitrogen and oxygen atoms in total. The highest BCUT2D eigenvalue weighted by atomic mass is 16.5. The molecule has 0 aliphatic carbocycles. The van der Waals surface area contributed by atoms with Crippen LogP contribution in [0.2, 0.25) is 0 Å². The molecule has 0 bridgehead atoms. The number of hydrogen-bond acceptors (Lipinski definition) is 5. The predicted octanol–water partition coefficient (Wildman–Crippen LogP) is 2.70. The van der Waals surface area contributed by atoms with Crippen LogP contribution in [0.5, 0.6) is 0 Å². The highest BCUT2D eigenvalue weighted by Gasteiger charge is 2.26. The van der Waals surface area contributed by atoms with E-state index < -0.39 is 0 Å². The average molecular weight is 326 g/mol. The molecule has 2 aromatic rings. The number of likely N-dealkylation sites (tertiary alicyclic amines) is 1. The second kappa shape index (κ2) is 6.97. The molecule has 2 heterocycles. The van der Waals surface area contributed by atoms with Crippen molar-refractivity contribution in [2.24, 2.45) is 0 Å². The molecule has 6 heteroatoms. The highest BCUT2D eigenvalue weighted by Crippen LogP contribution is 2.18. The Morgan fingerprint density at radius 1 is 1.21 bits per heavy atom. The molecule has 1 aliphatic heterocycles. The van der Waals surface area contributed by atoms with E-state index in [2.05, 4.69) is 15.3 Å². The Labute approximate surface area is 141 Å². The molecule has 1 unspecified atom stereocenters. The molecular formula is C18H22N4O2. The normalized spacial score (nSPS) is 17.1. The molecule has 1 saturated heterocycles. The summed E-state index contributed by atoms with van der Waals surface area (Å²) < 4.78 is 5.31. The smallest absolute Gasteiger partial charge is 0.253 e. The summed E-state index contributed by atoms with van der Waals surface area (Å²) >= 11 is 0. The summed E-state index contributed by atoms with van der Waals surface area (Å²) in [6.07, 6.45) is 1.04. The number of aromatic nitrogens is 2. The first-order valence-electron chi connectivity index (χ1n) is 8.06. The minimum absolute atomic E-state index is 0.0451. The number of rotatable bonds is 4. The number of hydrogen-bond donors (Lipinski definition) is 1. The van der Waals surface area contributed by atoms with Gasteiger partial charge < -0.3 is 15.0 Å². The molecule has 0 spiro atoms. The van der Waals surface area contributed by atoms with Crippen molar-refractivity contribution in [2.45, 2.75) is 26.4 Å². The van der Waals surface area contributed by atoms with Crippen LogP contribution in [0.1, 0.15) is 28.2 Å². The zero-order valence-electron chi connectivity index (χ0n) is 14.2. The second-order valence-electron chi connectivity index (χ2n) is 6.07. The fraction of sp³-hybridized carbons (Fsp3) is 0.389. The zero-order valence-corrected chi connectivity index (χ0v) is 14.2. The van der Waals surface area contributed by atoms with Crippen molar-refractivity contribution in [1.29, 1.82) is 0 Å². The topological polar surface area (TPSA) is 67.3 Å². The van der Waals surface area contributed by atoms with E-state index in [9.17, 15) is 4.79 Å². The van der Waals surface area contributed by atoms with Gasteiger partial charge in [-0.25, -0.2) is 9.97 Å². The van der Waals surface area contributed by atoms with Crippen LogP contribution in [-0.2, 0) is 4.74 Å². The van der Waals surface area contributed by atoms with E-state index in [1.807, 2.05) is 49.1 Å². The Morgan fingerprint density at radius 2 is 1.88 bits per heavy atom. The maximum atomic E-state index is 12.5. The lowest BCUT2D eigenvalue weighted by Gasteiger charge is -2.16. The van der Waals surface area contributed by atoms with Gasteiger partial charge in [0.25, 0.3) is 5.91 Å². The second-order valence-corrected chi connectivity index (χ2v) is 6.07. The molecular weight excluding hydrogens is 304 g/mol. The highest BCUT2D eigenvalue weighted by molar-refractivity contribution is 5.94. The number of anilines is 2. The Balaban J connectivity index is 1.68. The van der Waals surface area contributed by atoms with Gasteiger partial charge in [-0.15, -0.1) is 0 Å². The van der Waals surface area contributed by atoms with Crippen LogP contribution in [0.25, 0.3) is 0 Å². The minimum atomic E-state index is 0.0451. The van der Waals surface area contributed by atoms with Gasteiger partial charge in [0.15, 0.2) is 0 Å². The van der Waals surface area contributed by atoms with Crippen molar-refractivity contribution < 1.29 is 9.53 Å². The van der Waals surface area contributed by atoms with E-state index in [1.165, 1.54) is 0 Å². The summed E-state index contributed by atoms with van der Waals surface area (Å²) in [5.41, 5.74) is 3.36. The number of carbonyl (C=O) groups excluding carboxylic acids is 1. The van der Waals surface area contributed by atoms with E-state index in [0.717, 1.165) is 30.0 Å². The molecule has 0 saturated carbocycles. The summed E-state index contributed by atoms with van der Waals surface area (Å²) in [6, 6.07) is 9.33. The Kier molecular flexibility index (Phi) is 4.76. The largest absolute Gasteiger partial charge is 0.380 e. The van der Waals surface area contributed by atoms with E-state index in [-0.39, 0.29) is 12.0 Å². The first kappa shape index (κ1) is 16.4. The molecule has 1 amide bonds. The maximum Gasteiger partial charge on any atom is 0.253 e. The van der Waals surface area contributed by atoms with Crippen LogP contribution in [-0.4, -0.2) is 47.1 Å². The Morgan fingerprint density at radius 3 is 2.46 bits per heavy atom. The lowest BCUT2D eigenvalue weighted by Crippen LogP contribution is -2.29. The number of nitrogens with zero attached hydrogens (tertiary/aromatic N) is 3. The van der Waals surface area contributed by atoms with Gasteiger partial charge in [0, 0.05) is 42.8 Å². The fourth-order valence-corrected chi connectivity index (χ4v) is 2.89. The van der Waals surface area contributed by atoms with Gasteiger partial charge in [-0.1, -0.05) is 0 Å². The number of ether oxygens (including phenoxy) is 1.